The molecule has 94 valence electrons. The zero-order valence-corrected chi connectivity index (χ0v) is 10.4. The number of nitrogen functional groups attached to an aromatic ring is 1. The summed E-state index contributed by atoms with van der Waals surface area (Å²) in [7, 11) is 0. The molecule has 0 amide bonds. The fraction of sp³-hybridized carbons (Fsp3) is 0.167. The van der Waals surface area contributed by atoms with Crippen molar-refractivity contribution in [2.75, 3.05) is 5.73 Å². The van der Waals surface area contributed by atoms with Gasteiger partial charge in [-0.05, 0) is 41.8 Å². The van der Waals surface area contributed by atoms with Crippen LogP contribution < -0.4 is 17.0 Å². The van der Waals surface area contributed by atoms with E-state index < -0.39 is 0 Å². The molecule has 0 fully saturated rings. The van der Waals surface area contributed by atoms with E-state index in [4.69, 9.17) is 23.2 Å². The number of halogens is 1. The molecule has 0 aliphatic rings. The molecule has 0 spiro atoms. The Labute approximate surface area is 110 Å². The van der Waals surface area contributed by atoms with Crippen molar-refractivity contribution in [3.63, 3.8) is 0 Å². The molecule has 2 aromatic rings. The number of rotatable bonds is 4. The van der Waals surface area contributed by atoms with Crippen LogP contribution in [0.25, 0.3) is 0 Å². The van der Waals surface area contributed by atoms with Crippen molar-refractivity contribution in [1.29, 1.82) is 0 Å². The molecule has 0 aromatic carbocycles. The van der Waals surface area contributed by atoms with Crippen LogP contribution in [0.3, 0.4) is 0 Å². The van der Waals surface area contributed by atoms with Crippen molar-refractivity contribution >= 4 is 17.4 Å². The minimum atomic E-state index is -0.0488. The van der Waals surface area contributed by atoms with Gasteiger partial charge in [0.25, 0.3) is 0 Å². The minimum absolute atomic E-state index is 0.0488. The van der Waals surface area contributed by atoms with Gasteiger partial charge in [-0.2, -0.15) is 0 Å². The van der Waals surface area contributed by atoms with E-state index in [0.717, 1.165) is 11.1 Å². The van der Waals surface area contributed by atoms with Crippen LogP contribution in [0.15, 0.2) is 36.7 Å². The molecule has 0 bridgehead atoms. The number of hydrazine groups is 1. The summed E-state index contributed by atoms with van der Waals surface area (Å²) >= 11 is 5.86. The Morgan fingerprint density at radius 2 is 2.00 bits per heavy atom. The summed E-state index contributed by atoms with van der Waals surface area (Å²) in [6.07, 6.45) is 4.03. The number of hydrogen-bond acceptors (Lipinski definition) is 5. The quantitative estimate of drug-likeness (QED) is 0.441. The molecular weight excluding hydrogens is 250 g/mol. The van der Waals surface area contributed by atoms with Gasteiger partial charge in [0.15, 0.2) is 0 Å². The summed E-state index contributed by atoms with van der Waals surface area (Å²) in [5, 5.41) is 0.446. The monoisotopic (exact) mass is 263 g/mol. The molecular formula is C12H14ClN5. The molecule has 2 rings (SSSR count). The third kappa shape index (κ3) is 3.16. The lowest BCUT2D eigenvalue weighted by Gasteiger charge is -2.16. The fourth-order valence-corrected chi connectivity index (χ4v) is 1.95. The molecule has 18 heavy (non-hydrogen) atoms. The molecule has 2 aromatic heterocycles. The van der Waals surface area contributed by atoms with Crippen molar-refractivity contribution < 1.29 is 0 Å². The highest BCUT2D eigenvalue weighted by Gasteiger charge is 2.11. The standard InChI is InChI=1S/C12H14ClN5/c13-11-7-9(2-4-16-11)10(18-15)5-8-1-3-17-12(14)6-8/h1-4,6-7,10,18H,5,15H2,(H2,14,17). The second-order valence-corrected chi connectivity index (χ2v) is 4.31. The zero-order chi connectivity index (χ0) is 13.0. The Morgan fingerprint density at radius 3 is 2.67 bits per heavy atom. The molecule has 2 heterocycles. The molecule has 5 N–H and O–H groups in total. The zero-order valence-electron chi connectivity index (χ0n) is 9.68. The highest BCUT2D eigenvalue weighted by molar-refractivity contribution is 6.29. The largest absolute Gasteiger partial charge is 0.384 e. The van der Waals surface area contributed by atoms with Crippen molar-refractivity contribution in [3.05, 3.63) is 52.9 Å². The third-order valence-electron chi connectivity index (χ3n) is 2.64. The fourth-order valence-electron chi connectivity index (χ4n) is 1.76. The first-order valence-corrected chi connectivity index (χ1v) is 5.85. The minimum Gasteiger partial charge on any atom is -0.384 e. The van der Waals surface area contributed by atoms with E-state index >= 15 is 0 Å². The van der Waals surface area contributed by atoms with E-state index in [9.17, 15) is 0 Å². The number of nitrogens with zero attached hydrogens (tertiary/aromatic N) is 2. The van der Waals surface area contributed by atoms with Crippen molar-refractivity contribution in [2.45, 2.75) is 12.5 Å². The van der Waals surface area contributed by atoms with Gasteiger partial charge in [-0.1, -0.05) is 11.6 Å². The number of nitrogens with two attached hydrogens (primary N) is 2. The molecule has 0 saturated carbocycles. The van der Waals surface area contributed by atoms with E-state index in [0.29, 0.717) is 17.4 Å². The SMILES string of the molecule is NNC(Cc1ccnc(N)c1)c1ccnc(Cl)c1. The summed E-state index contributed by atoms with van der Waals surface area (Å²) in [5.74, 6) is 6.08. The Kier molecular flexibility index (Phi) is 4.09. The summed E-state index contributed by atoms with van der Waals surface area (Å²) in [4.78, 5) is 7.90. The van der Waals surface area contributed by atoms with Crippen LogP contribution in [0, 0.1) is 0 Å². The van der Waals surface area contributed by atoms with E-state index in [1.54, 1.807) is 18.5 Å². The van der Waals surface area contributed by atoms with Crippen LogP contribution in [-0.4, -0.2) is 9.97 Å². The normalized spacial score (nSPS) is 12.3. The number of nitrogens with one attached hydrogen (secondary N) is 1. The van der Waals surface area contributed by atoms with Gasteiger partial charge in [0.05, 0.1) is 6.04 Å². The number of anilines is 1. The lowest BCUT2D eigenvalue weighted by molar-refractivity contribution is 0.551. The Balaban J connectivity index is 2.19. The molecule has 0 aliphatic heterocycles. The van der Waals surface area contributed by atoms with Crippen LogP contribution >= 0.6 is 11.6 Å². The number of pyridine rings is 2. The van der Waals surface area contributed by atoms with Gasteiger partial charge in [-0.25, -0.2) is 9.97 Å². The molecule has 0 aliphatic carbocycles. The molecule has 1 unspecified atom stereocenters. The second kappa shape index (κ2) is 5.77. The summed E-state index contributed by atoms with van der Waals surface area (Å²) < 4.78 is 0. The predicted octanol–water partition coefficient (Wildman–Crippen LogP) is 1.46. The van der Waals surface area contributed by atoms with Gasteiger partial charge in [-0.3, -0.25) is 11.3 Å². The second-order valence-electron chi connectivity index (χ2n) is 3.92. The third-order valence-corrected chi connectivity index (χ3v) is 2.85. The lowest BCUT2D eigenvalue weighted by Crippen LogP contribution is -2.29. The molecule has 6 heteroatoms. The Bertz CT molecular complexity index is 531. The van der Waals surface area contributed by atoms with Crippen LogP contribution in [0.4, 0.5) is 5.82 Å². The molecule has 1 atom stereocenters. The van der Waals surface area contributed by atoms with Crippen molar-refractivity contribution in [1.82, 2.24) is 15.4 Å². The van der Waals surface area contributed by atoms with Gasteiger partial charge >= 0.3 is 0 Å². The first-order valence-electron chi connectivity index (χ1n) is 5.47. The first kappa shape index (κ1) is 12.8. The average molecular weight is 264 g/mol. The van der Waals surface area contributed by atoms with E-state index in [2.05, 4.69) is 15.4 Å². The van der Waals surface area contributed by atoms with E-state index in [1.165, 1.54) is 0 Å². The maximum absolute atomic E-state index is 5.86. The summed E-state index contributed by atoms with van der Waals surface area (Å²) in [6, 6.07) is 7.35. The maximum atomic E-state index is 5.86. The summed E-state index contributed by atoms with van der Waals surface area (Å²) in [6.45, 7) is 0. The van der Waals surface area contributed by atoms with Crippen LogP contribution in [-0.2, 0) is 6.42 Å². The topological polar surface area (TPSA) is 89.8 Å². The number of hydrogen-bond donors (Lipinski definition) is 3. The highest BCUT2D eigenvalue weighted by atomic mass is 35.5. The van der Waals surface area contributed by atoms with E-state index in [-0.39, 0.29) is 6.04 Å². The number of aromatic nitrogens is 2. The molecule has 0 saturated heterocycles. The smallest absolute Gasteiger partial charge is 0.129 e. The van der Waals surface area contributed by atoms with Crippen LogP contribution in [0.1, 0.15) is 17.2 Å². The highest BCUT2D eigenvalue weighted by Crippen LogP contribution is 2.20. The Morgan fingerprint density at radius 1 is 1.22 bits per heavy atom. The summed E-state index contributed by atoms with van der Waals surface area (Å²) in [5.41, 5.74) is 10.4. The van der Waals surface area contributed by atoms with Gasteiger partial charge in [0.2, 0.25) is 0 Å². The van der Waals surface area contributed by atoms with Gasteiger partial charge in [-0.15, -0.1) is 0 Å². The van der Waals surface area contributed by atoms with Gasteiger partial charge in [0.1, 0.15) is 11.0 Å². The van der Waals surface area contributed by atoms with Crippen molar-refractivity contribution in [3.8, 4) is 0 Å². The van der Waals surface area contributed by atoms with Crippen LogP contribution in [0.5, 0.6) is 0 Å². The van der Waals surface area contributed by atoms with Gasteiger partial charge < -0.3 is 5.73 Å². The van der Waals surface area contributed by atoms with E-state index in [1.807, 2.05) is 18.2 Å². The average Bonchev–Trinajstić information content (AvgIpc) is 2.36. The predicted molar refractivity (Wildman–Crippen MR) is 71.7 cm³/mol. The van der Waals surface area contributed by atoms with Gasteiger partial charge in [0, 0.05) is 12.4 Å². The lowest BCUT2D eigenvalue weighted by atomic mass is 10.0. The first-order chi connectivity index (χ1) is 8.69. The Hall–Kier alpha value is -1.69. The van der Waals surface area contributed by atoms with Crippen molar-refractivity contribution in [2.24, 2.45) is 5.84 Å². The maximum Gasteiger partial charge on any atom is 0.129 e. The van der Waals surface area contributed by atoms with Crippen LogP contribution in [0.2, 0.25) is 5.15 Å². The molecule has 0 radical (unpaired) electrons. The molecule has 5 nitrogen and oxygen atoms in total.